The van der Waals surface area contributed by atoms with E-state index in [-0.39, 0.29) is 22.8 Å². The summed E-state index contributed by atoms with van der Waals surface area (Å²) in [6.07, 6.45) is 2.70. The molecule has 0 bridgehead atoms. The Balaban J connectivity index is 1.58. The van der Waals surface area contributed by atoms with Crippen LogP contribution in [0.15, 0.2) is 18.2 Å². The molecule has 0 amide bonds. The topological polar surface area (TPSA) is 15.7 Å². The van der Waals surface area contributed by atoms with E-state index in [1.165, 1.54) is 18.2 Å². The Morgan fingerprint density at radius 2 is 1.81 bits per heavy atom. The van der Waals surface area contributed by atoms with Gasteiger partial charge in [0.2, 0.25) is 0 Å². The summed E-state index contributed by atoms with van der Waals surface area (Å²) in [5.41, 5.74) is 0.596. The summed E-state index contributed by atoms with van der Waals surface area (Å²) >= 11 is 0. The van der Waals surface area contributed by atoms with Gasteiger partial charge in [0.15, 0.2) is 0 Å². The molecule has 2 saturated heterocycles. The molecule has 3 rings (SSSR count). The van der Waals surface area contributed by atoms with Gasteiger partial charge in [-0.15, -0.1) is 0 Å². The van der Waals surface area contributed by atoms with Gasteiger partial charge in [0, 0.05) is 44.9 Å². The number of hydrogen-bond acceptors (Lipinski definition) is 3. The quantitative estimate of drug-likeness (QED) is 0.765. The van der Waals surface area contributed by atoms with E-state index < -0.39 is 0 Å². The van der Waals surface area contributed by atoms with Crippen LogP contribution in [0.3, 0.4) is 0 Å². The van der Waals surface area contributed by atoms with Gasteiger partial charge in [0.25, 0.3) is 0 Å². The first-order valence-electron chi connectivity index (χ1n) is 10.3. The van der Waals surface area contributed by atoms with Crippen LogP contribution in [0.2, 0.25) is 0 Å². The number of ether oxygens (including phenoxy) is 1. The lowest BCUT2D eigenvalue weighted by atomic mass is 9.72. The van der Waals surface area contributed by atoms with Gasteiger partial charge >= 0.3 is 0 Å². The standard InChI is InChI=1S/C22H34F2N2O/c1-17(2)22(8-14-27-21(3,4)16-22)26-12-10-25(11-13-26)9-7-18-15-19(23)5-6-20(18)24/h5-6,15,17H,7-14,16H2,1-4H3. The van der Waals surface area contributed by atoms with Gasteiger partial charge in [0.1, 0.15) is 11.6 Å². The number of nitrogens with zero attached hydrogens (tertiary/aromatic N) is 2. The molecular weight excluding hydrogens is 346 g/mol. The lowest BCUT2D eigenvalue weighted by Crippen LogP contribution is -2.63. The minimum Gasteiger partial charge on any atom is -0.375 e. The van der Waals surface area contributed by atoms with Crippen LogP contribution < -0.4 is 0 Å². The summed E-state index contributed by atoms with van der Waals surface area (Å²) < 4.78 is 33.2. The highest BCUT2D eigenvalue weighted by molar-refractivity contribution is 5.19. The summed E-state index contributed by atoms with van der Waals surface area (Å²) in [6, 6.07) is 3.73. The molecule has 0 spiro atoms. The molecule has 1 unspecified atom stereocenters. The zero-order valence-corrected chi connectivity index (χ0v) is 17.2. The van der Waals surface area contributed by atoms with Crippen LogP contribution in [0.5, 0.6) is 0 Å². The molecular formula is C22H34F2N2O. The molecule has 0 aliphatic carbocycles. The Bertz CT molecular complexity index is 641. The van der Waals surface area contributed by atoms with Gasteiger partial charge in [-0.05, 0) is 62.8 Å². The van der Waals surface area contributed by atoms with E-state index in [9.17, 15) is 8.78 Å². The second-order valence-corrected chi connectivity index (χ2v) is 9.11. The zero-order valence-electron chi connectivity index (χ0n) is 17.2. The van der Waals surface area contributed by atoms with Crippen LogP contribution in [0.25, 0.3) is 0 Å². The van der Waals surface area contributed by atoms with E-state index in [2.05, 4.69) is 37.5 Å². The first-order chi connectivity index (χ1) is 12.7. The molecule has 5 heteroatoms. The number of rotatable bonds is 5. The van der Waals surface area contributed by atoms with Gasteiger partial charge in [-0.25, -0.2) is 8.78 Å². The monoisotopic (exact) mass is 380 g/mol. The van der Waals surface area contributed by atoms with Crippen molar-refractivity contribution in [2.75, 3.05) is 39.3 Å². The highest BCUT2D eigenvalue weighted by Gasteiger charge is 2.47. The van der Waals surface area contributed by atoms with Crippen molar-refractivity contribution in [3.63, 3.8) is 0 Å². The largest absolute Gasteiger partial charge is 0.375 e. The number of benzene rings is 1. The zero-order chi connectivity index (χ0) is 19.7. The normalized spacial score (nSPS) is 27.2. The van der Waals surface area contributed by atoms with Crippen molar-refractivity contribution in [2.24, 2.45) is 5.92 Å². The third kappa shape index (κ3) is 4.69. The minimum absolute atomic E-state index is 0.0748. The van der Waals surface area contributed by atoms with E-state index in [4.69, 9.17) is 4.74 Å². The molecule has 0 aromatic heterocycles. The Hall–Kier alpha value is -1.04. The molecule has 3 nitrogen and oxygen atoms in total. The molecule has 2 aliphatic heterocycles. The lowest BCUT2D eigenvalue weighted by Gasteiger charge is -2.55. The summed E-state index contributed by atoms with van der Waals surface area (Å²) in [5, 5.41) is 0. The third-order valence-electron chi connectivity index (χ3n) is 6.54. The van der Waals surface area contributed by atoms with E-state index in [1.807, 2.05) is 0 Å². The molecule has 27 heavy (non-hydrogen) atoms. The fourth-order valence-electron chi connectivity index (χ4n) is 4.94. The summed E-state index contributed by atoms with van der Waals surface area (Å²) in [7, 11) is 0. The van der Waals surface area contributed by atoms with Crippen LogP contribution in [0.1, 0.15) is 46.1 Å². The van der Waals surface area contributed by atoms with Gasteiger partial charge in [-0.1, -0.05) is 13.8 Å². The fraction of sp³-hybridized carbons (Fsp3) is 0.727. The highest BCUT2D eigenvalue weighted by atomic mass is 19.1. The Kier molecular flexibility index (Phi) is 6.24. The third-order valence-corrected chi connectivity index (χ3v) is 6.54. The van der Waals surface area contributed by atoms with Crippen molar-refractivity contribution < 1.29 is 13.5 Å². The van der Waals surface area contributed by atoms with E-state index in [0.717, 1.165) is 52.2 Å². The second kappa shape index (κ2) is 8.14. The maximum atomic E-state index is 13.8. The molecule has 2 heterocycles. The average Bonchev–Trinajstić information content (AvgIpc) is 2.62. The van der Waals surface area contributed by atoms with Crippen molar-refractivity contribution in [1.82, 2.24) is 9.80 Å². The van der Waals surface area contributed by atoms with Gasteiger partial charge in [0.05, 0.1) is 5.60 Å². The molecule has 2 fully saturated rings. The van der Waals surface area contributed by atoms with Gasteiger partial charge in [-0.2, -0.15) is 0 Å². The molecule has 1 atom stereocenters. The first kappa shape index (κ1) is 20.7. The molecule has 0 saturated carbocycles. The van der Waals surface area contributed by atoms with Crippen LogP contribution in [-0.4, -0.2) is 60.3 Å². The fourth-order valence-corrected chi connectivity index (χ4v) is 4.94. The summed E-state index contributed by atoms with van der Waals surface area (Å²) in [5.74, 6) is -0.0934. The van der Waals surface area contributed by atoms with Crippen molar-refractivity contribution in [3.05, 3.63) is 35.4 Å². The molecule has 152 valence electrons. The van der Waals surface area contributed by atoms with E-state index >= 15 is 0 Å². The molecule has 1 aromatic carbocycles. The van der Waals surface area contributed by atoms with Crippen molar-refractivity contribution in [3.8, 4) is 0 Å². The van der Waals surface area contributed by atoms with Crippen LogP contribution in [-0.2, 0) is 11.2 Å². The molecule has 1 aromatic rings. The first-order valence-corrected chi connectivity index (χ1v) is 10.3. The van der Waals surface area contributed by atoms with Crippen molar-refractivity contribution >= 4 is 0 Å². The Labute approximate surface area is 162 Å². The highest BCUT2D eigenvalue weighted by Crippen LogP contribution is 2.41. The van der Waals surface area contributed by atoms with E-state index in [0.29, 0.717) is 17.9 Å². The predicted molar refractivity (Wildman–Crippen MR) is 105 cm³/mol. The van der Waals surface area contributed by atoms with Crippen molar-refractivity contribution in [2.45, 2.75) is 58.1 Å². The summed E-state index contributed by atoms with van der Waals surface area (Å²) in [6.45, 7) is 14.7. The Morgan fingerprint density at radius 3 is 2.44 bits per heavy atom. The average molecular weight is 381 g/mol. The SMILES string of the molecule is CC(C)C1(N2CCN(CCc3cc(F)ccc3F)CC2)CCOC(C)(C)C1. The smallest absolute Gasteiger partial charge is 0.126 e. The molecule has 2 aliphatic rings. The maximum absolute atomic E-state index is 13.8. The van der Waals surface area contributed by atoms with Crippen LogP contribution in [0, 0.1) is 17.6 Å². The second-order valence-electron chi connectivity index (χ2n) is 9.11. The maximum Gasteiger partial charge on any atom is 0.126 e. The van der Waals surface area contributed by atoms with Gasteiger partial charge in [-0.3, -0.25) is 4.90 Å². The Morgan fingerprint density at radius 1 is 1.11 bits per heavy atom. The number of hydrogen-bond donors (Lipinski definition) is 0. The van der Waals surface area contributed by atoms with Crippen molar-refractivity contribution in [1.29, 1.82) is 0 Å². The number of piperazine rings is 1. The molecule has 0 N–H and O–H groups in total. The summed E-state index contributed by atoms with van der Waals surface area (Å²) in [4.78, 5) is 5.04. The lowest BCUT2D eigenvalue weighted by molar-refractivity contribution is -0.142. The van der Waals surface area contributed by atoms with Gasteiger partial charge < -0.3 is 9.64 Å². The molecule has 0 radical (unpaired) electrons. The van der Waals surface area contributed by atoms with Crippen LogP contribution in [0.4, 0.5) is 8.78 Å². The van der Waals surface area contributed by atoms with E-state index in [1.54, 1.807) is 0 Å². The number of halogens is 2. The van der Waals surface area contributed by atoms with Crippen LogP contribution >= 0.6 is 0 Å². The predicted octanol–water partition coefficient (Wildman–Crippen LogP) is 4.11. The minimum atomic E-state index is -0.364.